The van der Waals surface area contributed by atoms with Crippen LogP contribution in [0.2, 0.25) is 0 Å². The van der Waals surface area contributed by atoms with Crippen LogP contribution in [0.5, 0.6) is 0 Å². The Kier molecular flexibility index (Phi) is 3.61. The Morgan fingerprint density at radius 1 is 1.25 bits per heavy atom. The number of hydrogen-bond acceptors (Lipinski definition) is 2. The minimum atomic E-state index is 1.13. The van der Waals surface area contributed by atoms with Crippen LogP contribution in [0.1, 0.15) is 18.9 Å². The molecule has 2 N–H and O–H groups in total. The average Bonchev–Trinajstić information content (AvgIpc) is 2.09. The molecule has 0 radical (unpaired) electrons. The van der Waals surface area contributed by atoms with Gasteiger partial charge in [0.1, 0.15) is 0 Å². The maximum absolute atomic E-state index is 3.11. The zero-order valence-electron chi connectivity index (χ0n) is 7.72. The summed E-state index contributed by atoms with van der Waals surface area (Å²) in [6.45, 7) is 2.19. The van der Waals surface area contributed by atoms with Gasteiger partial charge in [0.15, 0.2) is 0 Å². The number of benzene rings is 1. The summed E-state index contributed by atoms with van der Waals surface area (Å²) in [5.74, 6) is 0. The molecule has 0 unspecified atom stereocenters. The maximum Gasteiger partial charge on any atom is 0.0519 e. The van der Waals surface area contributed by atoms with Crippen molar-refractivity contribution in [1.82, 2.24) is 5.43 Å². The summed E-state index contributed by atoms with van der Waals surface area (Å²) >= 11 is 0. The molecule has 0 heterocycles. The highest BCUT2D eigenvalue weighted by molar-refractivity contribution is 5.50. The molecule has 2 heteroatoms. The minimum Gasteiger partial charge on any atom is -0.321 e. The molecule has 0 fully saturated rings. The van der Waals surface area contributed by atoms with Crippen LogP contribution in [-0.2, 0) is 6.42 Å². The Morgan fingerprint density at radius 3 is 2.67 bits per heavy atom. The second-order valence-electron chi connectivity index (χ2n) is 2.78. The van der Waals surface area contributed by atoms with E-state index < -0.39 is 0 Å². The third kappa shape index (κ3) is 2.24. The van der Waals surface area contributed by atoms with Gasteiger partial charge < -0.3 is 5.43 Å². The topological polar surface area (TPSA) is 24.1 Å². The molecule has 1 rings (SSSR count). The summed E-state index contributed by atoms with van der Waals surface area (Å²) < 4.78 is 0. The van der Waals surface area contributed by atoms with E-state index in [4.69, 9.17) is 0 Å². The standard InChI is InChI=1S/C10H16N2/c1-3-6-9-7-4-5-8-10(9)12-11-2/h4-5,7-8,11-12H,3,6H2,1-2H3. The quantitative estimate of drug-likeness (QED) is 0.666. The molecule has 1 aromatic rings. The van der Waals surface area contributed by atoms with Crippen molar-refractivity contribution in [2.45, 2.75) is 19.8 Å². The first-order chi connectivity index (χ1) is 5.88. The zero-order valence-corrected chi connectivity index (χ0v) is 7.72. The van der Waals surface area contributed by atoms with Crippen LogP contribution >= 0.6 is 0 Å². The maximum atomic E-state index is 3.11. The fourth-order valence-electron chi connectivity index (χ4n) is 1.26. The summed E-state index contributed by atoms with van der Waals surface area (Å²) in [7, 11) is 1.88. The molecule has 12 heavy (non-hydrogen) atoms. The van der Waals surface area contributed by atoms with Crippen LogP contribution in [0, 0.1) is 0 Å². The lowest BCUT2D eigenvalue weighted by atomic mass is 10.1. The van der Waals surface area contributed by atoms with Crippen molar-refractivity contribution in [2.24, 2.45) is 0 Å². The number of rotatable bonds is 4. The molecule has 0 saturated heterocycles. The number of anilines is 1. The number of hydrazine groups is 1. The molecule has 0 aromatic heterocycles. The van der Waals surface area contributed by atoms with E-state index in [0.29, 0.717) is 0 Å². The SMILES string of the molecule is CCCc1ccccc1NNC. The van der Waals surface area contributed by atoms with Crippen molar-refractivity contribution in [2.75, 3.05) is 12.5 Å². The molecule has 0 aliphatic heterocycles. The number of aryl methyl sites for hydroxylation is 1. The normalized spacial score (nSPS) is 9.83. The van der Waals surface area contributed by atoms with Gasteiger partial charge in [-0.3, -0.25) is 0 Å². The molecule has 0 aliphatic carbocycles. The highest BCUT2D eigenvalue weighted by Gasteiger charge is 1.97. The molecule has 66 valence electrons. The van der Waals surface area contributed by atoms with Crippen molar-refractivity contribution in [3.63, 3.8) is 0 Å². The van der Waals surface area contributed by atoms with Crippen LogP contribution in [0.3, 0.4) is 0 Å². The second-order valence-corrected chi connectivity index (χ2v) is 2.78. The van der Waals surface area contributed by atoms with Crippen molar-refractivity contribution >= 4 is 5.69 Å². The van der Waals surface area contributed by atoms with Gasteiger partial charge in [-0.25, -0.2) is 5.43 Å². The summed E-state index contributed by atoms with van der Waals surface area (Å²) in [6, 6.07) is 8.36. The zero-order chi connectivity index (χ0) is 8.81. The van der Waals surface area contributed by atoms with Gasteiger partial charge in [0.25, 0.3) is 0 Å². The highest BCUT2D eigenvalue weighted by Crippen LogP contribution is 2.15. The molecule has 0 atom stereocenters. The molecule has 0 saturated carbocycles. The molecule has 0 bridgehead atoms. The van der Waals surface area contributed by atoms with E-state index in [2.05, 4.69) is 36.0 Å². The fourth-order valence-corrected chi connectivity index (χ4v) is 1.26. The van der Waals surface area contributed by atoms with E-state index in [1.165, 1.54) is 17.7 Å². The van der Waals surface area contributed by atoms with Crippen LogP contribution in [0.4, 0.5) is 5.69 Å². The molecule has 0 aliphatic rings. The van der Waals surface area contributed by atoms with Crippen LogP contribution in [0.15, 0.2) is 24.3 Å². The average molecular weight is 164 g/mol. The van der Waals surface area contributed by atoms with Crippen molar-refractivity contribution in [3.8, 4) is 0 Å². The monoisotopic (exact) mass is 164 g/mol. The molecule has 2 nitrogen and oxygen atoms in total. The van der Waals surface area contributed by atoms with Gasteiger partial charge >= 0.3 is 0 Å². The van der Waals surface area contributed by atoms with Gasteiger partial charge in [-0.1, -0.05) is 31.5 Å². The van der Waals surface area contributed by atoms with Crippen molar-refractivity contribution in [1.29, 1.82) is 0 Å². The van der Waals surface area contributed by atoms with E-state index >= 15 is 0 Å². The summed E-state index contributed by atoms with van der Waals surface area (Å²) in [5.41, 5.74) is 8.60. The first kappa shape index (κ1) is 9.07. The number of nitrogens with one attached hydrogen (secondary N) is 2. The van der Waals surface area contributed by atoms with E-state index in [1.54, 1.807) is 0 Å². The molecule has 0 amide bonds. The molecule has 0 spiro atoms. The first-order valence-electron chi connectivity index (χ1n) is 4.39. The van der Waals surface area contributed by atoms with Crippen molar-refractivity contribution in [3.05, 3.63) is 29.8 Å². The van der Waals surface area contributed by atoms with E-state index in [1.807, 2.05) is 13.1 Å². The Labute approximate surface area is 74.0 Å². The molecular weight excluding hydrogens is 148 g/mol. The Bertz CT molecular complexity index is 208. The largest absolute Gasteiger partial charge is 0.321 e. The third-order valence-electron chi connectivity index (χ3n) is 1.80. The summed E-state index contributed by atoms with van der Waals surface area (Å²) in [5, 5.41) is 0. The number of hydrogen-bond donors (Lipinski definition) is 2. The molecule has 1 aromatic carbocycles. The second kappa shape index (κ2) is 4.78. The minimum absolute atomic E-state index is 1.13. The third-order valence-corrected chi connectivity index (χ3v) is 1.80. The van der Waals surface area contributed by atoms with Crippen LogP contribution in [-0.4, -0.2) is 7.05 Å². The Morgan fingerprint density at radius 2 is 2.00 bits per heavy atom. The van der Waals surface area contributed by atoms with E-state index in [9.17, 15) is 0 Å². The summed E-state index contributed by atoms with van der Waals surface area (Å²) in [6.07, 6.45) is 2.31. The van der Waals surface area contributed by atoms with Gasteiger partial charge in [0.2, 0.25) is 0 Å². The predicted octanol–water partition coefficient (Wildman–Crippen LogP) is 2.19. The van der Waals surface area contributed by atoms with Gasteiger partial charge in [-0.15, -0.1) is 0 Å². The lowest BCUT2D eigenvalue weighted by Crippen LogP contribution is -2.16. The van der Waals surface area contributed by atoms with E-state index in [0.717, 1.165) is 6.42 Å². The van der Waals surface area contributed by atoms with E-state index in [-0.39, 0.29) is 0 Å². The fraction of sp³-hybridized carbons (Fsp3) is 0.400. The lowest BCUT2D eigenvalue weighted by molar-refractivity contribution is 0.907. The summed E-state index contributed by atoms with van der Waals surface area (Å²) in [4.78, 5) is 0. The number of para-hydroxylation sites is 1. The van der Waals surface area contributed by atoms with Gasteiger partial charge in [-0.2, -0.15) is 0 Å². The van der Waals surface area contributed by atoms with Gasteiger partial charge in [0.05, 0.1) is 5.69 Å². The lowest BCUT2D eigenvalue weighted by Gasteiger charge is -2.09. The van der Waals surface area contributed by atoms with Crippen molar-refractivity contribution < 1.29 is 0 Å². The highest BCUT2D eigenvalue weighted by atomic mass is 15.3. The smallest absolute Gasteiger partial charge is 0.0519 e. The van der Waals surface area contributed by atoms with Gasteiger partial charge in [-0.05, 0) is 18.1 Å². The predicted molar refractivity (Wildman–Crippen MR) is 53.1 cm³/mol. The first-order valence-corrected chi connectivity index (χ1v) is 4.39. The Hall–Kier alpha value is -1.02. The van der Waals surface area contributed by atoms with Gasteiger partial charge in [0, 0.05) is 7.05 Å². The van der Waals surface area contributed by atoms with Crippen LogP contribution < -0.4 is 10.9 Å². The Balaban J connectivity index is 2.77. The molecular formula is C10H16N2. The van der Waals surface area contributed by atoms with Crippen LogP contribution in [0.25, 0.3) is 0 Å².